The SMILES string of the molecule is CCCCCC(=O)NCC1CCCC2(C)CCC2C1. The van der Waals surface area contributed by atoms with Crippen molar-refractivity contribution < 1.29 is 4.79 Å². The zero-order valence-corrected chi connectivity index (χ0v) is 12.8. The van der Waals surface area contributed by atoms with Gasteiger partial charge >= 0.3 is 0 Å². The van der Waals surface area contributed by atoms with Gasteiger partial charge in [-0.2, -0.15) is 0 Å². The second kappa shape index (κ2) is 6.76. The van der Waals surface area contributed by atoms with Gasteiger partial charge < -0.3 is 5.32 Å². The van der Waals surface area contributed by atoms with Crippen molar-refractivity contribution in [3.05, 3.63) is 0 Å². The van der Waals surface area contributed by atoms with E-state index in [2.05, 4.69) is 19.2 Å². The molecule has 2 fully saturated rings. The van der Waals surface area contributed by atoms with Crippen LogP contribution in [0.15, 0.2) is 0 Å². The number of fused-ring (bicyclic) bond motifs is 1. The predicted molar refractivity (Wildman–Crippen MR) is 79.9 cm³/mol. The van der Waals surface area contributed by atoms with Crippen molar-refractivity contribution in [2.24, 2.45) is 17.3 Å². The summed E-state index contributed by atoms with van der Waals surface area (Å²) in [4.78, 5) is 11.8. The predicted octanol–water partition coefficient (Wildman–Crippen LogP) is 4.29. The summed E-state index contributed by atoms with van der Waals surface area (Å²) in [6.45, 7) is 5.59. The monoisotopic (exact) mass is 265 g/mol. The van der Waals surface area contributed by atoms with Gasteiger partial charge in [0.25, 0.3) is 0 Å². The topological polar surface area (TPSA) is 29.1 Å². The third-order valence-corrected chi connectivity index (χ3v) is 5.62. The molecule has 110 valence electrons. The number of rotatable bonds is 6. The molecule has 1 amide bonds. The van der Waals surface area contributed by atoms with Crippen LogP contribution in [0.5, 0.6) is 0 Å². The number of unbranched alkanes of at least 4 members (excludes halogenated alkanes) is 2. The minimum Gasteiger partial charge on any atom is -0.356 e. The van der Waals surface area contributed by atoms with Crippen LogP contribution < -0.4 is 5.32 Å². The summed E-state index contributed by atoms with van der Waals surface area (Å²) >= 11 is 0. The van der Waals surface area contributed by atoms with E-state index >= 15 is 0 Å². The maximum atomic E-state index is 11.8. The lowest BCUT2D eigenvalue weighted by Gasteiger charge is -2.47. The van der Waals surface area contributed by atoms with Gasteiger partial charge in [-0.15, -0.1) is 0 Å². The number of carbonyl (C=O) groups is 1. The summed E-state index contributed by atoms with van der Waals surface area (Å²) in [5.74, 6) is 1.95. The summed E-state index contributed by atoms with van der Waals surface area (Å²) in [6.07, 6.45) is 12.5. The number of amides is 1. The Morgan fingerprint density at radius 1 is 1.26 bits per heavy atom. The molecular weight excluding hydrogens is 234 g/mol. The van der Waals surface area contributed by atoms with E-state index in [1.165, 1.54) is 51.4 Å². The average Bonchev–Trinajstić information content (AvgIpc) is 2.49. The maximum absolute atomic E-state index is 11.8. The van der Waals surface area contributed by atoms with E-state index in [1.807, 2.05) is 0 Å². The number of hydrogen-bond acceptors (Lipinski definition) is 1. The molecule has 3 atom stereocenters. The van der Waals surface area contributed by atoms with E-state index in [1.54, 1.807) is 0 Å². The Bertz CT molecular complexity index is 302. The third-order valence-electron chi connectivity index (χ3n) is 5.62. The highest BCUT2D eigenvalue weighted by atomic mass is 16.1. The fourth-order valence-corrected chi connectivity index (χ4v) is 3.96. The molecule has 0 aromatic rings. The maximum Gasteiger partial charge on any atom is 0.220 e. The summed E-state index contributed by atoms with van der Waals surface area (Å²) in [5, 5.41) is 3.17. The number of nitrogens with one attached hydrogen (secondary N) is 1. The Morgan fingerprint density at radius 3 is 2.79 bits per heavy atom. The van der Waals surface area contributed by atoms with Gasteiger partial charge in [-0.3, -0.25) is 4.79 Å². The summed E-state index contributed by atoms with van der Waals surface area (Å²) in [6, 6.07) is 0. The molecule has 0 saturated heterocycles. The number of carbonyl (C=O) groups excluding carboxylic acids is 1. The number of hydrogen-bond donors (Lipinski definition) is 1. The van der Waals surface area contributed by atoms with Gasteiger partial charge in [0.15, 0.2) is 0 Å². The molecule has 0 aliphatic heterocycles. The first-order chi connectivity index (χ1) is 9.14. The highest BCUT2D eigenvalue weighted by Gasteiger charge is 2.44. The van der Waals surface area contributed by atoms with Crippen molar-refractivity contribution in [1.82, 2.24) is 5.32 Å². The molecule has 0 bridgehead atoms. The van der Waals surface area contributed by atoms with Gasteiger partial charge in [-0.25, -0.2) is 0 Å². The Labute approximate surface area is 118 Å². The molecule has 0 aromatic carbocycles. The smallest absolute Gasteiger partial charge is 0.220 e. The van der Waals surface area contributed by atoms with Gasteiger partial charge in [0.05, 0.1) is 0 Å². The van der Waals surface area contributed by atoms with E-state index in [-0.39, 0.29) is 5.91 Å². The van der Waals surface area contributed by atoms with E-state index < -0.39 is 0 Å². The van der Waals surface area contributed by atoms with Crippen molar-refractivity contribution in [2.45, 2.75) is 78.1 Å². The van der Waals surface area contributed by atoms with Gasteiger partial charge in [0.1, 0.15) is 0 Å². The largest absolute Gasteiger partial charge is 0.356 e. The van der Waals surface area contributed by atoms with Crippen LogP contribution in [0.25, 0.3) is 0 Å². The Hall–Kier alpha value is -0.530. The van der Waals surface area contributed by atoms with Crippen LogP contribution in [-0.4, -0.2) is 12.5 Å². The zero-order valence-electron chi connectivity index (χ0n) is 12.8. The van der Waals surface area contributed by atoms with Crippen molar-refractivity contribution in [2.75, 3.05) is 6.54 Å². The van der Waals surface area contributed by atoms with Crippen molar-refractivity contribution in [3.63, 3.8) is 0 Å². The van der Waals surface area contributed by atoms with Gasteiger partial charge in [0.2, 0.25) is 5.91 Å². The second-order valence-corrected chi connectivity index (χ2v) is 7.14. The van der Waals surface area contributed by atoms with Gasteiger partial charge in [0, 0.05) is 13.0 Å². The Morgan fingerprint density at radius 2 is 2.11 bits per heavy atom. The first kappa shape index (κ1) is 14.9. The molecule has 0 spiro atoms. The Balaban J connectivity index is 1.67. The first-order valence-corrected chi connectivity index (χ1v) is 8.41. The normalized spacial score (nSPS) is 34.0. The molecule has 2 aliphatic rings. The third kappa shape index (κ3) is 3.97. The van der Waals surface area contributed by atoms with Gasteiger partial charge in [-0.1, -0.05) is 33.1 Å². The minimum atomic E-state index is 0.272. The van der Waals surface area contributed by atoms with Crippen LogP contribution in [0.4, 0.5) is 0 Å². The van der Waals surface area contributed by atoms with Crippen LogP contribution in [-0.2, 0) is 4.79 Å². The molecular formula is C17H31NO. The van der Waals surface area contributed by atoms with Crippen LogP contribution >= 0.6 is 0 Å². The lowest BCUT2D eigenvalue weighted by molar-refractivity contribution is -0.121. The molecule has 2 rings (SSSR count). The quantitative estimate of drug-likeness (QED) is 0.713. The summed E-state index contributed by atoms with van der Waals surface area (Å²) in [5.41, 5.74) is 0.653. The van der Waals surface area contributed by atoms with Crippen molar-refractivity contribution in [1.29, 1.82) is 0 Å². The van der Waals surface area contributed by atoms with E-state index in [0.29, 0.717) is 5.41 Å². The van der Waals surface area contributed by atoms with Crippen LogP contribution in [0.1, 0.15) is 78.1 Å². The molecule has 0 radical (unpaired) electrons. The Kier molecular flexibility index (Phi) is 5.29. The van der Waals surface area contributed by atoms with Crippen LogP contribution in [0.2, 0.25) is 0 Å². The first-order valence-electron chi connectivity index (χ1n) is 8.41. The van der Waals surface area contributed by atoms with E-state index in [0.717, 1.165) is 31.2 Å². The molecule has 2 saturated carbocycles. The fraction of sp³-hybridized carbons (Fsp3) is 0.941. The zero-order chi connectivity index (χ0) is 13.7. The fourth-order valence-electron chi connectivity index (χ4n) is 3.96. The van der Waals surface area contributed by atoms with E-state index in [9.17, 15) is 4.79 Å². The average molecular weight is 265 g/mol. The standard InChI is InChI=1S/C17H31NO/c1-3-4-5-8-16(19)18-13-14-7-6-10-17(2)11-9-15(17)12-14/h14-15H,3-13H2,1-2H3,(H,18,19). The molecule has 1 N–H and O–H groups in total. The minimum absolute atomic E-state index is 0.272. The molecule has 3 unspecified atom stereocenters. The molecule has 2 nitrogen and oxygen atoms in total. The summed E-state index contributed by atoms with van der Waals surface area (Å²) in [7, 11) is 0. The lowest BCUT2D eigenvalue weighted by atomic mass is 9.58. The molecule has 2 aliphatic carbocycles. The van der Waals surface area contributed by atoms with Crippen molar-refractivity contribution in [3.8, 4) is 0 Å². The lowest BCUT2D eigenvalue weighted by Crippen LogP contribution is -2.38. The molecule has 0 aromatic heterocycles. The molecule has 0 heterocycles. The molecule has 2 heteroatoms. The van der Waals surface area contributed by atoms with E-state index in [4.69, 9.17) is 0 Å². The second-order valence-electron chi connectivity index (χ2n) is 7.14. The van der Waals surface area contributed by atoms with Crippen LogP contribution in [0.3, 0.4) is 0 Å². The van der Waals surface area contributed by atoms with Crippen LogP contribution in [0, 0.1) is 17.3 Å². The van der Waals surface area contributed by atoms with Gasteiger partial charge in [-0.05, 0) is 55.8 Å². The van der Waals surface area contributed by atoms with Crippen molar-refractivity contribution >= 4 is 5.91 Å². The summed E-state index contributed by atoms with van der Waals surface area (Å²) < 4.78 is 0. The molecule has 19 heavy (non-hydrogen) atoms. The highest BCUT2D eigenvalue weighted by Crippen LogP contribution is 2.54. The highest BCUT2D eigenvalue weighted by molar-refractivity contribution is 5.75.